The van der Waals surface area contributed by atoms with E-state index < -0.39 is 42.6 Å². The third-order valence-electron chi connectivity index (χ3n) is 6.94. The van der Waals surface area contributed by atoms with Gasteiger partial charge in [-0.1, -0.05) is 13.8 Å². The largest absolute Gasteiger partial charge is 0.479 e. The maximum Gasteiger partial charge on any atom is 0.335 e. The van der Waals surface area contributed by atoms with Crippen molar-refractivity contribution >= 4 is 33.7 Å². The number of aryl methyl sites for hydroxylation is 1. The third kappa shape index (κ3) is 4.87. The first kappa shape index (κ1) is 26.8. The van der Waals surface area contributed by atoms with E-state index >= 15 is 0 Å². The number of esters is 1. The number of aliphatic hydroxyl groups excluding tert-OH is 3. The molecule has 1 aliphatic heterocycles. The molecule has 0 spiro atoms. The van der Waals surface area contributed by atoms with E-state index in [2.05, 4.69) is 10.2 Å². The number of hydrogen-bond donors (Lipinski definition) is 5. The second-order valence-electron chi connectivity index (χ2n) is 9.88. The van der Waals surface area contributed by atoms with Crippen molar-refractivity contribution < 1.29 is 43.9 Å². The van der Waals surface area contributed by atoms with Gasteiger partial charge < -0.3 is 34.5 Å². The summed E-state index contributed by atoms with van der Waals surface area (Å²) in [7, 11) is 0. The van der Waals surface area contributed by atoms with Gasteiger partial charge in [0.15, 0.2) is 6.10 Å². The fourth-order valence-electron chi connectivity index (χ4n) is 5.11. The first-order chi connectivity index (χ1) is 18.6. The van der Waals surface area contributed by atoms with Crippen LogP contribution in [0, 0.1) is 5.82 Å². The molecule has 0 bridgehead atoms. The summed E-state index contributed by atoms with van der Waals surface area (Å²) in [5.74, 6) is -2.74. The zero-order valence-corrected chi connectivity index (χ0v) is 21.1. The summed E-state index contributed by atoms with van der Waals surface area (Å²) in [5, 5.41) is 48.0. The Kier molecular flexibility index (Phi) is 7.12. The normalized spacial score (nSPS) is 23.5. The van der Waals surface area contributed by atoms with Gasteiger partial charge in [0.1, 0.15) is 24.1 Å². The first-order valence-corrected chi connectivity index (χ1v) is 12.4. The molecular formula is C27H28FN3O8. The lowest BCUT2D eigenvalue weighted by atomic mass is 9.98. The lowest BCUT2D eigenvalue weighted by molar-refractivity contribution is -0.286. The molecule has 1 unspecified atom stereocenters. The Morgan fingerprint density at radius 1 is 1.13 bits per heavy atom. The Bertz CT molecular complexity index is 1530. The van der Waals surface area contributed by atoms with Gasteiger partial charge in [-0.3, -0.25) is 9.89 Å². The topological polar surface area (TPSA) is 167 Å². The number of carboxylic acids is 1. The number of aromatic nitrogens is 3. The molecule has 1 saturated heterocycles. The summed E-state index contributed by atoms with van der Waals surface area (Å²) in [6.07, 6.45) is -7.49. The molecule has 1 aliphatic rings. The summed E-state index contributed by atoms with van der Waals surface area (Å²) in [5.41, 5.74) is 4.14. The van der Waals surface area contributed by atoms with Crippen LogP contribution in [-0.2, 0) is 25.5 Å². The van der Waals surface area contributed by atoms with Gasteiger partial charge in [0.25, 0.3) is 0 Å². The molecule has 0 radical (unpaired) electrons. The van der Waals surface area contributed by atoms with Crippen LogP contribution in [0.4, 0.5) is 4.39 Å². The standard InChI is InChI=1S/C27H28FN3O8/c1-12(2)21-16(7-8-20(32)38-27-24(35)22(33)23(34)25(39-27)26(36)37)17-10-18-13(11-29-30-18)9-19(17)31(21)15-5-3-14(28)4-6-15/h3-6,9-12,22-25,27,33-35H,7-8H2,1-2H3,(H,29,30)(H,36,37)/t22-,23-,24+,25-,27?/m1/s1. The minimum absolute atomic E-state index is 0.00130. The van der Waals surface area contributed by atoms with Crippen LogP contribution in [-0.4, -0.2) is 77.8 Å². The molecule has 2 aromatic carbocycles. The summed E-state index contributed by atoms with van der Waals surface area (Å²) >= 11 is 0. The summed E-state index contributed by atoms with van der Waals surface area (Å²) in [6, 6.07) is 10.0. The summed E-state index contributed by atoms with van der Waals surface area (Å²) in [4.78, 5) is 24.2. The van der Waals surface area contributed by atoms with Crippen molar-refractivity contribution in [1.29, 1.82) is 0 Å². The third-order valence-corrected chi connectivity index (χ3v) is 6.94. The highest BCUT2D eigenvalue weighted by atomic mass is 19.1. The van der Waals surface area contributed by atoms with Gasteiger partial charge in [-0.2, -0.15) is 5.10 Å². The monoisotopic (exact) mass is 541 g/mol. The number of H-pyrrole nitrogens is 1. The van der Waals surface area contributed by atoms with Crippen LogP contribution in [0.15, 0.2) is 42.6 Å². The molecule has 5 atom stereocenters. The number of nitrogens with zero attached hydrogens (tertiary/aromatic N) is 2. The average Bonchev–Trinajstić information content (AvgIpc) is 3.48. The van der Waals surface area contributed by atoms with Crippen molar-refractivity contribution in [2.24, 2.45) is 0 Å². The summed E-state index contributed by atoms with van der Waals surface area (Å²) in [6.45, 7) is 4.02. The van der Waals surface area contributed by atoms with E-state index in [1.54, 1.807) is 18.3 Å². The summed E-state index contributed by atoms with van der Waals surface area (Å²) < 4.78 is 26.0. The molecule has 39 heavy (non-hydrogen) atoms. The molecular weight excluding hydrogens is 513 g/mol. The highest BCUT2D eigenvalue weighted by molar-refractivity contribution is 5.98. The molecule has 12 heteroatoms. The number of carboxylic acid groups (broad SMARTS) is 1. The Morgan fingerprint density at radius 2 is 1.85 bits per heavy atom. The lowest BCUT2D eigenvalue weighted by Crippen LogP contribution is -2.60. The molecule has 5 N–H and O–H groups in total. The van der Waals surface area contributed by atoms with Crippen LogP contribution in [0.5, 0.6) is 0 Å². The van der Waals surface area contributed by atoms with Crippen LogP contribution < -0.4 is 0 Å². The molecule has 0 saturated carbocycles. The van der Waals surface area contributed by atoms with E-state index in [4.69, 9.17) is 9.47 Å². The smallest absolute Gasteiger partial charge is 0.335 e. The van der Waals surface area contributed by atoms with Crippen molar-refractivity contribution in [1.82, 2.24) is 14.8 Å². The first-order valence-electron chi connectivity index (χ1n) is 12.4. The van der Waals surface area contributed by atoms with Gasteiger partial charge in [-0.05, 0) is 54.3 Å². The number of benzene rings is 2. The number of aromatic amines is 1. The predicted molar refractivity (Wildman–Crippen MR) is 136 cm³/mol. The fraction of sp³-hybridized carbons (Fsp3) is 0.370. The van der Waals surface area contributed by atoms with E-state index in [0.29, 0.717) is 0 Å². The minimum atomic E-state index is -1.89. The molecule has 206 valence electrons. The Balaban J connectivity index is 1.48. The highest BCUT2D eigenvalue weighted by Gasteiger charge is 2.48. The van der Waals surface area contributed by atoms with Crippen LogP contribution >= 0.6 is 0 Å². The van der Waals surface area contributed by atoms with Gasteiger partial charge in [-0.15, -0.1) is 0 Å². The number of hydrogen-bond acceptors (Lipinski definition) is 8. The highest BCUT2D eigenvalue weighted by Crippen LogP contribution is 2.37. The zero-order valence-electron chi connectivity index (χ0n) is 21.1. The van der Waals surface area contributed by atoms with Crippen LogP contribution in [0.3, 0.4) is 0 Å². The molecule has 2 aromatic heterocycles. The van der Waals surface area contributed by atoms with Gasteiger partial charge in [0.2, 0.25) is 6.29 Å². The Hall–Kier alpha value is -3.84. The minimum Gasteiger partial charge on any atom is -0.479 e. The van der Waals surface area contributed by atoms with Crippen molar-refractivity contribution in [2.75, 3.05) is 0 Å². The van der Waals surface area contributed by atoms with Crippen LogP contribution in [0.1, 0.15) is 37.4 Å². The Labute approximate surface area is 221 Å². The lowest BCUT2D eigenvalue weighted by Gasteiger charge is -2.37. The van der Waals surface area contributed by atoms with Gasteiger partial charge >= 0.3 is 11.9 Å². The molecule has 4 aromatic rings. The van der Waals surface area contributed by atoms with Gasteiger partial charge in [-0.25, -0.2) is 9.18 Å². The van der Waals surface area contributed by atoms with E-state index in [1.807, 2.05) is 30.5 Å². The van der Waals surface area contributed by atoms with E-state index in [0.717, 1.165) is 38.8 Å². The molecule has 0 amide bonds. The predicted octanol–water partition coefficient (Wildman–Crippen LogP) is 2.14. The van der Waals surface area contributed by atoms with Crippen molar-refractivity contribution in [3.63, 3.8) is 0 Å². The quantitative estimate of drug-likeness (QED) is 0.220. The average molecular weight is 542 g/mol. The van der Waals surface area contributed by atoms with Crippen LogP contribution in [0.25, 0.3) is 27.5 Å². The maximum absolute atomic E-state index is 13.7. The van der Waals surface area contributed by atoms with Gasteiger partial charge in [0.05, 0.1) is 17.2 Å². The number of rotatable bonds is 7. The molecule has 0 aliphatic carbocycles. The van der Waals surface area contributed by atoms with Crippen molar-refractivity contribution in [3.8, 4) is 5.69 Å². The van der Waals surface area contributed by atoms with Crippen molar-refractivity contribution in [3.05, 3.63) is 59.7 Å². The molecule has 5 rings (SSSR count). The molecule has 3 heterocycles. The van der Waals surface area contributed by atoms with Crippen LogP contribution in [0.2, 0.25) is 0 Å². The number of carbonyl (C=O) groups is 2. The second-order valence-corrected chi connectivity index (χ2v) is 9.88. The Morgan fingerprint density at radius 3 is 2.51 bits per heavy atom. The van der Waals surface area contributed by atoms with E-state index in [1.165, 1.54) is 12.1 Å². The number of aliphatic carboxylic acids is 1. The van der Waals surface area contributed by atoms with Crippen molar-refractivity contribution in [2.45, 2.75) is 63.3 Å². The number of fused-ring (bicyclic) bond motifs is 2. The zero-order chi connectivity index (χ0) is 28.0. The van der Waals surface area contributed by atoms with Gasteiger partial charge in [0, 0.05) is 28.6 Å². The second kappa shape index (κ2) is 10.4. The number of aliphatic hydroxyl groups is 3. The maximum atomic E-state index is 13.7. The van der Waals surface area contributed by atoms with E-state index in [9.17, 15) is 34.4 Å². The number of nitrogens with one attached hydrogen (secondary N) is 1. The number of ether oxygens (including phenoxy) is 2. The number of halogens is 1. The molecule has 1 fully saturated rings. The molecule has 11 nitrogen and oxygen atoms in total. The number of carbonyl (C=O) groups excluding carboxylic acids is 1. The fourth-order valence-corrected chi connectivity index (χ4v) is 5.11. The SMILES string of the molecule is CC(C)c1c(CCC(=O)OC2O[C@@H](C(=O)O)[C@H](O)[C@@H](O)[C@@H]2O)c2cc3[nH]ncc3cc2n1-c1ccc(F)cc1. The van der Waals surface area contributed by atoms with E-state index in [-0.39, 0.29) is 24.6 Å².